The number of esters is 1. The SMILES string of the molecule is CCOC(=O)C(C#N)=NOS(=O)(=O)c1ccc([N+](=O)[O-])cc1. The van der Waals surface area contributed by atoms with Crippen LogP contribution in [0.15, 0.2) is 34.3 Å². The average molecular weight is 327 g/mol. The molecule has 0 bridgehead atoms. The van der Waals surface area contributed by atoms with Crippen LogP contribution in [-0.4, -0.2) is 31.6 Å². The molecule has 116 valence electrons. The maximum absolute atomic E-state index is 11.8. The van der Waals surface area contributed by atoms with E-state index in [1.807, 2.05) is 0 Å². The van der Waals surface area contributed by atoms with Gasteiger partial charge in [-0.1, -0.05) is 0 Å². The van der Waals surface area contributed by atoms with Crippen LogP contribution >= 0.6 is 0 Å². The molecule has 0 N–H and O–H groups in total. The highest BCUT2D eigenvalue weighted by Gasteiger charge is 2.20. The molecular weight excluding hydrogens is 318 g/mol. The second-order valence-corrected chi connectivity index (χ2v) is 5.08. The molecule has 22 heavy (non-hydrogen) atoms. The number of ether oxygens (including phenoxy) is 1. The van der Waals surface area contributed by atoms with E-state index in [2.05, 4.69) is 14.2 Å². The number of nitriles is 1. The van der Waals surface area contributed by atoms with Crippen LogP contribution in [0.4, 0.5) is 5.69 Å². The fourth-order valence-corrected chi connectivity index (χ4v) is 1.89. The summed E-state index contributed by atoms with van der Waals surface area (Å²) in [6.45, 7) is 1.45. The van der Waals surface area contributed by atoms with E-state index in [0.29, 0.717) is 0 Å². The molecule has 0 saturated carbocycles. The van der Waals surface area contributed by atoms with Crippen molar-refractivity contribution in [2.75, 3.05) is 6.61 Å². The maximum Gasteiger partial charge on any atom is 0.371 e. The zero-order valence-electron chi connectivity index (χ0n) is 11.1. The smallest absolute Gasteiger partial charge is 0.371 e. The second kappa shape index (κ2) is 7.14. The summed E-state index contributed by atoms with van der Waals surface area (Å²) in [5.74, 6) is -1.14. The number of hydrogen-bond donors (Lipinski definition) is 0. The number of nitro benzene ring substituents is 1. The molecule has 0 fully saturated rings. The summed E-state index contributed by atoms with van der Waals surface area (Å²) in [6, 6.07) is 5.10. The molecule has 1 aromatic carbocycles. The minimum Gasteiger partial charge on any atom is -0.461 e. The lowest BCUT2D eigenvalue weighted by molar-refractivity contribution is -0.384. The van der Waals surface area contributed by atoms with E-state index in [0.717, 1.165) is 24.3 Å². The minimum absolute atomic E-state index is 0.0331. The molecule has 1 rings (SSSR count). The van der Waals surface area contributed by atoms with E-state index >= 15 is 0 Å². The van der Waals surface area contributed by atoms with Crippen molar-refractivity contribution in [2.24, 2.45) is 5.16 Å². The summed E-state index contributed by atoms with van der Waals surface area (Å²) in [5, 5.41) is 22.0. The van der Waals surface area contributed by atoms with Crippen molar-refractivity contribution < 1.29 is 27.2 Å². The molecule has 0 unspecified atom stereocenters. The lowest BCUT2D eigenvalue weighted by atomic mass is 10.3. The van der Waals surface area contributed by atoms with Gasteiger partial charge in [-0.3, -0.25) is 14.4 Å². The van der Waals surface area contributed by atoms with Crippen LogP contribution in [0, 0.1) is 21.4 Å². The van der Waals surface area contributed by atoms with Gasteiger partial charge in [0.05, 0.1) is 11.5 Å². The minimum atomic E-state index is -4.43. The molecule has 0 radical (unpaired) electrons. The van der Waals surface area contributed by atoms with Gasteiger partial charge in [0.2, 0.25) is 0 Å². The largest absolute Gasteiger partial charge is 0.461 e. The summed E-state index contributed by atoms with van der Waals surface area (Å²) in [5.41, 5.74) is -1.20. The van der Waals surface area contributed by atoms with E-state index in [1.165, 1.54) is 13.0 Å². The standard InChI is InChI=1S/C11H9N3O7S/c1-2-20-11(15)10(7-12)13-21-22(18,19)9-5-3-8(4-6-9)14(16)17/h3-6H,2H2,1H3. The highest BCUT2D eigenvalue weighted by Crippen LogP contribution is 2.17. The van der Waals surface area contributed by atoms with E-state index in [-0.39, 0.29) is 12.3 Å². The fraction of sp³-hybridized carbons (Fsp3) is 0.182. The van der Waals surface area contributed by atoms with Crippen LogP contribution in [0.2, 0.25) is 0 Å². The molecule has 0 spiro atoms. The van der Waals surface area contributed by atoms with Crippen LogP contribution in [0.3, 0.4) is 0 Å². The second-order valence-electron chi connectivity index (χ2n) is 3.55. The van der Waals surface area contributed by atoms with E-state index in [1.54, 1.807) is 0 Å². The van der Waals surface area contributed by atoms with Crippen molar-refractivity contribution >= 4 is 27.5 Å². The number of carbonyl (C=O) groups excluding carboxylic acids is 1. The third-order valence-electron chi connectivity index (χ3n) is 2.14. The Kier molecular flexibility index (Phi) is 5.53. The first-order chi connectivity index (χ1) is 10.3. The topological polar surface area (TPSA) is 149 Å². The van der Waals surface area contributed by atoms with Gasteiger partial charge in [0.1, 0.15) is 11.0 Å². The number of non-ortho nitro benzene ring substituents is 1. The number of carbonyl (C=O) groups is 1. The van der Waals surface area contributed by atoms with Crippen molar-refractivity contribution in [3.8, 4) is 6.07 Å². The quantitative estimate of drug-likeness (QED) is 0.321. The normalized spacial score (nSPS) is 11.4. The zero-order valence-corrected chi connectivity index (χ0v) is 11.9. The Balaban J connectivity index is 2.98. The fourth-order valence-electron chi connectivity index (χ4n) is 1.17. The van der Waals surface area contributed by atoms with Crippen molar-refractivity contribution in [1.29, 1.82) is 5.26 Å². The van der Waals surface area contributed by atoms with Crippen molar-refractivity contribution in [1.82, 2.24) is 0 Å². The Hall–Kier alpha value is -3.00. The monoisotopic (exact) mass is 327 g/mol. The summed E-state index contributed by atoms with van der Waals surface area (Å²) in [7, 11) is -4.43. The Morgan fingerprint density at radius 3 is 2.45 bits per heavy atom. The molecule has 1 aromatic rings. The highest BCUT2D eigenvalue weighted by atomic mass is 32.2. The van der Waals surface area contributed by atoms with Gasteiger partial charge in [0.15, 0.2) is 0 Å². The Labute approximate surface area is 124 Å². The first-order valence-corrected chi connectivity index (χ1v) is 7.06. The summed E-state index contributed by atoms with van der Waals surface area (Å²) >= 11 is 0. The van der Waals surface area contributed by atoms with Crippen LogP contribution in [-0.2, 0) is 23.9 Å². The lowest BCUT2D eigenvalue weighted by Gasteiger charge is -2.02. The van der Waals surface area contributed by atoms with Gasteiger partial charge in [-0.25, -0.2) is 4.79 Å². The predicted molar refractivity (Wildman–Crippen MR) is 71.0 cm³/mol. The molecule has 0 amide bonds. The average Bonchev–Trinajstić information content (AvgIpc) is 2.48. The number of oxime groups is 1. The van der Waals surface area contributed by atoms with Crippen LogP contribution in [0.25, 0.3) is 0 Å². The Bertz CT molecular complexity index is 747. The van der Waals surface area contributed by atoms with E-state index in [9.17, 15) is 23.3 Å². The third-order valence-corrected chi connectivity index (χ3v) is 3.26. The van der Waals surface area contributed by atoms with Gasteiger partial charge in [0, 0.05) is 12.1 Å². The molecule has 10 nitrogen and oxygen atoms in total. The lowest BCUT2D eigenvalue weighted by Crippen LogP contribution is -2.17. The van der Waals surface area contributed by atoms with Gasteiger partial charge in [0.25, 0.3) is 11.4 Å². The zero-order chi connectivity index (χ0) is 16.8. The van der Waals surface area contributed by atoms with Gasteiger partial charge in [-0.15, -0.1) is 0 Å². The molecule has 11 heteroatoms. The highest BCUT2D eigenvalue weighted by molar-refractivity contribution is 7.86. The molecule has 0 aliphatic carbocycles. The molecule has 0 aliphatic heterocycles. The van der Waals surface area contributed by atoms with Crippen LogP contribution in [0.5, 0.6) is 0 Å². The van der Waals surface area contributed by atoms with Gasteiger partial charge in [-0.2, -0.15) is 13.7 Å². The first-order valence-electron chi connectivity index (χ1n) is 5.65. The molecule has 0 heterocycles. The first kappa shape index (κ1) is 17.1. The third kappa shape index (κ3) is 4.25. The van der Waals surface area contributed by atoms with Gasteiger partial charge >= 0.3 is 16.1 Å². The molecule has 0 aromatic heterocycles. The summed E-state index contributed by atoms with van der Waals surface area (Å²) < 4.78 is 32.2. The Morgan fingerprint density at radius 2 is 2.00 bits per heavy atom. The molecule has 0 atom stereocenters. The summed E-state index contributed by atoms with van der Waals surface area (Å²) in [4.78, 5) is 20.6. The van der Waals surface area contributed by atoms with Crippen LogP contribution < -0.4 is 0 Å². The predicted octanol–water partition coefficient (Wildman–Crippen LogP) is 0.743. The van der Waals surface area contributed by atoms with Gasteiger partial charge in [-0.05, 0) is 24.2 Å². The van der Waals surface area contributed by atoms with Gasteiger partial charge < -0.3 is 4.74 Å². The molecule has 0 saturated heterocycles. The van der Waals surface area contributed by atoms with Crippen molar-refractivity contribution in [3.63, 3.8) is 0 Å². The van der Waals surface area contributed by atoms with Crippen LogP contribution in [0.1, 0.15) is 6.92 Å². The molecular formula is C11H9N3O7S. The number of nitro groups is 1. The number of benzene rings is 1. The van der Waals surface area contributed by atoms with E-state index < -0.39 is 31.6 Å². The van der Waals surface area contributed by atoms with Crippen molar-refractivity contribution in [2.45, 2.75) is 11.8 Å². The maximum atomic E-state index is 11.8. The van der Waals surface area contributed by atoms with E-state index in [4.69, 9.17) is 5.26 Å². The summed E-state index contributed by atoms with van der Waals surface area (Å²) in [6.07, 6.45) is 0. The number of nitrogens with zero attached hydrogens (tertiary/aromatic N) is 3. The Morgan fingerprint density at radius 1 is 1.41 bits per heavy atom. The number of rotatable bonds is 6. The number of hydrogen-bond acceptors (Lipinski definition) is 9. The van der Waals surface area contributed by atoms with Crippen molar-refractivity contribution in [3.05, 3.63) is 34.4 Å². The molecule has 0 aliphatic rings.